The first-order valence-corrected chi connectivity index (χ1v) is 15.5. The first-order chi connectivity index (χ1) is 22.2. The lowest BCUT2D eigenvalue weighted by Crippen LogP contribution is -2.46. The molecule has 2 aliphatic heterocycles. The Bertz CT molecular complexity index is 1600. The van der Waals surface area contributed by atoms with Crippen LogP contribution in [-0.2, 0) is 19.1 Å². The van der Waals surface area contributed by atoms with Gasteiger partial charge in [0.15, 0.2) is 0 Å². The third kappa shape index (κ3) is 6.93. The number of methoxy groups -OCH3 is 1. The maximum absolute atomic E-state index is 14.1. The SMILES string of the molecule is COC(=O)C1C(C)=NC(C)=C(C(=O)OC2(CN)CCN(CCC(c3ccccc3)c3ccccc3)C2)C1c1cccc([N+](=O)[O-])c1. The van der Waals surface area contributed by atoms with Gasteiger partial charge in [-0.05, 0) is 43.5 Å². The van der Waals surface area contributed by atoms with E-state index in [1.807, 2.05) is 12.1 Å². The molecule has 0 aliphatic carbocycles. The number of non-ortho nitro benzene ring substituents is 1. The lowest BCUT2D eigenvalue weighted by molar-refractivity contribution is -0.384. The van der Waals surface area contributed by atoms with Gasteiger partial charge in [0.05, 0.1) is 17.6 Å². The molecule has 5 rings (SSSR count). The lowest BCUT2D eigenvalue weighted by Gasteiger charge is -2.34. The standard InChI is InChI=1S/C36H40N4O6/c1-24-31(34(41)45-3)33(28-15-10-16-29(21-28)40(43)44)32(25(2)38-24)35(42)46-36(22-37)18-20-39(23-36)19-17-30(26-11-6-4-7-12-26)27-13-8-5-9-14-27/h4-16,21,30-31,33H,17-20,22-23,37H2,1-3H3. The summed E-state index contributed by atoms with van der Waals surface area (Å²) in [6.07, 6.45) is 1.42. The number of ether oxygens (including phenoxy) is 2. The minimum absolute atomic E-state index is 0.118. The molecule has 0 radical (unpaired) electrons. The zero-order chi connectivity index (χ0) is 32.8. The van der Waals surface area contributed by atoms with Gasteiger partial charge in [-0.2, -0.15) is 0 Å². The van der Waals surface area contributed by atoms with Crippen LogP contribution in [0.4, 0.5) is 5.69 Å². The average Bonchev–Trinajstić information content (AvgIpc) is 3.48. The molecule has 3 aromatic rings. The van der Waals surface area contributed by atoms with Crippen LogP contribution in [0.25, 0.3) is 0 Å². The molecule has 2 N–H and O–H groups in total. The number of allylic oxidation sites excluding steroid dienone is 1. The molecule has 10 heteroatoms. The van der Waals surface area contributed by atoms with Crippen LogP contribution in [0.5, 0.6) is 0 Å². The molecule has 46 heavy (non-hydrogen) atoms. The minimum atomic E-state index is -0.958. The molecule has 3 unspecified atom stereocenters. The Morgan fingerprint density at radius 2 is 1.70 bits per heavy atom. The second-order valence-electron chi connectivity index (χ2n) is 12.0. The molecule has 0 spiro atoms. The Morgan fingerprint density at radius 1 is 1.04 bits per heavy atom. The zero-order valence-electron chi connectivity index (χ0n) is 26.4. The van der Waals surface area contributed by atoms with E-state index < -0.39 is 34.3 Å². The molecule has 0 saturated carbocycles. The predicted molar refractivity (Wildman–Crippen MR) is 175 cm³/mol. The van der Waals surface area contributed by atoms with Crippen LogP contribution in [0, 0.1) is 16.0 Å². The summed E-state index contributed by atoms with van der Waals surface area (Å²) in [7, 11) is 1.26. The molecule has 0 aromatic heterocycles. The summed E-state index contributed by atoms with van der Waals surface area (Å²) in [4.78, 5) is 45.1. The summed E-state index contributed by atoms with van der Waals surface area (Å²) in [6, 6.07) is 26.8. The quantitative estimate of drug-likeness (QED) is 0.170. The molecule has 3 aromatic carbocycles. The number of hydrogen-bond acceptors (Lipinski definition) is 9. The second kappa shape index (κ2) is 14.2. The van der Waals surface area contributed by atoms with E-state index >= 15 is 0 Å². The van der Waals surface area contributed by atoms with Gasteiger partial charge < -0.3 is 15.2 Å². The van der Waals surface area contributed by atoms with Crippen LogP contribution in [0.1, 0.15) is 55.2 Å². The highest BCUT2D eigenvalue weighted by Gasteiger charge is 2.46. The summed E-state index contributed by atoms with van der Waals surface area (Å²) in [5.41, 5.74) is 9.12. The molecule has 0 bridgehead atoms. The largest absolute Gasteiger partial charge is 0.468 e. The number of nitrogens with two attached hydrogens (primary N) is 1. The third-order valence-corrected chi connectivity index (χ3v) is 9.16. The van der Waals surface area contributed by atoms with Crippen molar-refractivity contribution in [2.75, 3.05) is 33.3 Å². The van der Waals surface area contributed by atoms with Gasteiger partial charge in [0.25, 0.3) is 5.69 Å². The van der Waals surface area contributed by atoms with Crippen LogP contribution in [0.2, 0.25) is 0 Å². The van der Waals surface area contributed by atoms with Crippen LogP contribution in [0.3, 0.4) is 0 Å². The summed E-state index contributed by atoms with van der Waals surface area (Å²) in [6.45, 7) is 5.43. The number of nitro groups is 1. The molecule has 2 heterocycles. The summed E-state index contributed by atoms with van der Waals surface area (Å²) in [5.74, 6) is -2.87. The van der Waals surface area contributed by atoms with Crippen molar-refractivity contribution in [2.45, 2.75) is 44.1 Å². The Labute approximate surface area is 269 Å². The number of hydrogen-bond donors (Lipinski definition) is 1. The number of rotatable bonds is 11. The minimum Gasteiger partial charge on any atom is -0.468 e. The first kappa shape index (κ1) is 32.7. The van der Waals surface area contributed by atoms with E-state index in [1.165, 1.54) is 36.4 Å². The van der Waals surface area contributed by atoms with Gasteiger partial charge in [0, 0.05) is 61.4 Å². The smallest absolute Gasteiger partial charge is 0.337 e. The number of aliphatic imine (C=N–C) groups is 1. The number of benzene rings is 3. The number of esters is 2. The highest BCUT2D eigenvalue weighted by atomic mass is 16.6. The van der Waals surface area contributed by atoms with Crippen molar-refractivity contribution in [1.29, 1.82) is 0 Å². The van der Waals surface area contributed by atoms with Gasteiger partial charge in [-0.3, -0.25) is 24.8 Å². The van der Waals surface area contributed by atoms with Gasteiger partial charge in [-0.25, -0.2) is 4.79 Å². The molecule has 10 nitrogen and oxygen atoms in total. The van der Waals surface area contributed by atoms with Gasteiger partial charge in [0.1, 0.15) is 11.5 Å². The van der Waals surface area contributed by atoms with Crippen molar-refractivity contribution in [2.24, 2.45) is 16.6 Å². The number of carbonyl (C=O) groups is 2. The van der Waals surface area contributed by atoms with Crippen molar-refractivity contribution in [3.63, 3.8) is 0 Å². The lowest BCUT2D eigenvalue weighted by atomic mass is 9.75. The van der Waals surface area contributed by atoms with E-state index in [9.17, 15) is 19.7 Å². The Hall–Kier alpha value is -4.67. The summed E-state index contributed by atoms with van der Waals surface area (Å²) < 4.78 is 11.4. The van der Waals surface area contributed by atoms with Gasteiger partial charge in [-0.15, -0.1) is 0 Å². The van der Waals surface area contributed by atoms with Crippen molar-refractivity contribution in [3.8, 4) is 0 Å². The van der Waals surface area contributed by atoms with E-state index in [-0.39, 0.29) is 23.7 Å². The fraction of sp³-hybridized carbons (Fsp3) is 0.361. The molecule has 1 fully saturated rings. The topological polar surface area (TPSA) is 137 Å². The van der Waals surface area contributed by atoms with Crippen LogP contribution >= 0.6 is 0 Å². The molecule has 1 saturated heterocycles. The summed E-state index contributed by atoms with van der Waals surface area (Å²) >= 11 is 0. The monoisotopic (exact) mass is 624 g/mol. The number of nitrogens with zero attached hydrogens (tertiary/aromatic N) is 3. The maximum atomic E-state index is 14.1. The molecule has 240 valence electrons. The van der Waals surface area contributed by atoms with E-state index in [0.717, 1.165) is 13.0 Å². The molecule has 0 amide bonds. The zero-order valence-corrected chi connectivity index (χ0v) is 26.4. The third-order valence-electron chi connectivity index (χ3n) is 9.16. The van der Waals surface area contributed by atoms with Gasteiger partial charge in [-0.1, -0.05) is 72.8 Å². The van der Waals surface area contributed by atoms with E-state index in [1.54, 1.807) is 19.9 Å². The average molecular weight is 625 g/mol. The number of likely N-dealkylation sites (tertiary alicyclic amines) is 1. The Morgan fingerprint density at radius 3 is 2.28 bits per heavy atom. The second-order valence-corrected chi connectivity index (χ2v) is 12.0. The highest BCUT2D eigenvalue weighted by Crippen LogP contribution is 2.42. The Kier molecular flexibility index (Phi) is 10.1. The fourth-order valence-electron chi connectivity index (χ4n) is 6.80. The van der Waals surface area contributed by atoms with Crippen molar-refractivity contribution in [3.05, 3.63) is 123 Å². The maximum Gasteiger partial charge on any atom is 0.337 e. The van der Waals surface area contributed by atoms with E-state index in [0.29, 0.717) is 36.5 Å². The van der Waals surface area contributed by atoms with Gasteiger partial charge >= 0.3 is 11.9 Å². The number of carbonyl (C=O) groups excluding carboxylic acids is 2. The van der Waals surface area contributed by atoms with E-state index in [4.69, 9.17) is 15.2 Å². The van der Waals surface area contributed by atoms with Crippen LogP contribution < -0.4 is 5.73 Å². The summed E-state index contributed by atoms with van der Waals surface area (Å²) in [5, 5.41) is 11.6. The Balaban J connectivity index is 1.38. The normalized spacial score (nSPS) is 21.6. The predicted octanol–water partition coefficient (Wildman–Crippen LogP) is 5.38. The highest BCUT2D eigenvalue weighted by molar-refractivity contribution is 6.07. The van der Waals surface area contributed by atoms with Crippen LogP contribution in [0.15, 0.2) is 101 Å². The first-order valence-electron chi connectivity index (χ1n) is 15.5. The van der Waals surface area contributed by atoms with Crippen molar-refractivity contribution < 1.29 is 24.0 Å². The molecular weight excluding hydrogens is 584 g/mol. The van der Waals surface area contributed by atoms with Crippen LogP contribution in [-0.4, -0.2) is 66.4 Å². The number of nitro benzene ring substituents is 1. The van der Waals surface area contributed by atoms with E-state index in [2.05, 4.69) is 58.4 Å². The molecule has 3 atom stereocenters. The molecular formula is C36H40N4O6. The fourth-order valence-corrected chi connectivity index (χ4v) is 6.80. The van der Waals surface area contributed by atoms with Crippen molar-refractivity contribution >= 4 is 23.3 Å². The molecule has 2 aliphatic rings. The van der Waals surface area contributed by atoms with Gasteiger partial charge in [0.2, 0.25) is 0 Å². The van der Waals surface area contributed by atoms with Crippen molar-refractivity contribution in [1.82, 2.24) is 4.90 Å².